The Morgan fingerprint density at radius 1 is 0.975 bits per heavy atom. The molecule has 1 aliphatic rings. The number of halogens is 7. The van der Waals surface area contributed by atoms with Gasteiger partial charge in [-0.15, -0.1) is 0 Å². The normalized spacial score (nSPS) is 18.2. The summed E-state index contributed by atoms with van der Waals surface area (Å²) >= 11 is 0. The van der Waals surface area contributed by atoms with E-state index in [0.717, 1.165) is 38.1 Å². The summed E-state index contributed by atoms with van der Waals surface area (Å²) in [5.41, 5.74) is -6.04. The second-order valence-corrected chi connectivity index (χ2v) is 10.7. The fourth-order valence-corrected chi connectivity index (χ4v) is 4.38. The molecule has 3 rings (SSSR count). The second kappa shape index (κ2) is 11.0. The van der Waals surface area contributed by atoms with Gasteiger partial charge in [-0.1, -0.05) is 55.5 Å². The number of nitrogens with one attached hydrogen (secondary N) is 2. The molecule has 1 fully saturated rings. The first-order valence-corrected chi connectivity index (χ1v) is 12.6. The minimum Gasteiger partial charge on any atom is -0.376 e. The van der Waals surface area contributed by atoms with E-state index >= 15 is 0 Å². The number of hydrogen-bond donors (Lipinski definition) is 3. The molecule has 3 atom stereocenters. The molecule has 1 amide bonds. The Labute approximate surface area is 227 Å². The van der Waals surface area contributed by atoms with Gasteiger partial charge in [0.1, 0.15) is 17.2 Å². The highest BCUT2D eigenvalue weighted by molar-refractivity contribution is 5.83. The van der Waals surface area contributed by atoms with Crippen molar-refractivity contribution < 1.29 is 40.6 Å². The van der Waals surface area contributed by atoms with Gasteiger partial charge in [-0.25, -0.2) is 4.39 Å². The molecule has 0 spiro atoms. The lowest BCUT2D eigenvalue weighted by molar-refractivity contribution is -0.267. The van der Waals surface area contributed by atoms with E-state index < -0.39 is 60.0 Å². The van der Waals surface area contributed by atoms with E-state index in [4.69, 9.17) is 0 Å². The van der Waals surface area contributed by atoms with Crippen LogP contribution in [0, 0.1) is 11.3 Å². The molecular weight excluding hydrogens is 543 g/mol. The minimum atomic E-state index is -4.90. The molecule has 0 heterocycles. The van der Waals surface area contributed by atoms with Crippen molar-refractivity contribution in [2.75, 3.05) is 0 Å². The molecule has 0 saturated heterocycles. The van der Waals surface area contributed by atoms with Crippen LogP contribution in [0.3, 0.4) is 0 Å². The van der Waals surface area contributed by atoms with Crippen molar-refractivity contribution in [1.29, 1.82) is 5.26 Å². The predicted molar refractivity (Wildman–Crippen MR) is 133 cm³/mol. The third-order valence-corrected chi connectivity index (χ3v) is 6.95. The monoisotopic (exact) mass is 573 g/mol. The maximum Gasteiger partial charge on any atom is 0.421 e. The Hall–Kier alpha value is -3.17. The smallest absolute Gasteiger partial charge is 0.376 e. The predicted octanol–water partition coefficient (Wildman–Crippen LogP) is 6.39. The Balaban J connectivity index is 1.86. The lowest BCUT2D eigenvalue weighted by Crippen LogP contribution is -2.53. The van der Waals surface area contributed by atoms with Crippen molar-refractivity contribution in [3.05, 3.63) is 59.7 Å². The first-order chi connectivity index (χ1) is 18.3. The fraction of sp³-hybridized carbons (Fsp3) is 0.500. The summed E-state index contributed by atoms with van der Waals surface area (Å²) in [6, 6.07) is 7.80. The van der Waals surface area contributed by atoms with Crippen LogP contribution in [0.5, 0.6) is 0 Å². The van der Waals surface area contributed by atoms with Gasteiger partial charge in [0, 0.05) is 6.42 Å². The van der Waals surface area contributed by atoms with E-state index in [9.17, 15) is 45.9 Å². The number of carbonyl (C=O) groups is 1. The first-order valence-electron chi connectivity index (χ1n) is 12.6. The minimum absolute atomic E-state index is 0.277. The number of nitriles is 1. The van der Waals surface area contributed by atoms with Crippen molar-refractivity contribution in [2.24, 2.45) is 0 Å². The van der Waals surface area contributed by atoms with Gasteiger partial charge in [0.2, 0.25) is 5.91 Å². The van der Waals surface area contributed by atoms with Crippen LogP contribution in [0.25, 0.3) is 11.1 Å². The molecule has 2 aromatic rings. The number of amides is 1. The number of benzene rings is 2. The zero-order chi connectivity index (χ0) is 30.1. The van der Waals surface area contributed by atoms with Crippen LogP contribution >= 0.6 is 0 Å². The van der Waals surface area contributed by atoms with Crippen LogP contribution in [0.4, 0.5) is 30.7 Å². The van der Waals surface area contributed by atoms with Crippen LogP contribution < -0.4 is 10.6 Å². The average molecular weight is 574 g/mol. The molecule has 0 radical (unpaired) electrons. The number of alkyl halides is 7. The van der Waals surface area contributed by atoms with Gasteiger partial charge >= 0.3 is 12.4 Å². The lowest BCUT2D eigenvalue weighted by Gasteiger charge is -2.30. The summed E-state index contributed by atoms with van der Waals surface area (Å²) in [6.07, 6.45) is -10.3. The molecule has 2 aromatic carbocycles. The van der Waals surface area contributed by atoms with E-state index in [2.05, 4.69) is 10.6 Å². The van der Waals surface area contributed by atoms with Crippen LogP contribution in [0.2, 0.25) is 0 Å². The number of hydrogen-bond acceptors (Lipinski definition) is 4. The van der Waals surface area contributed by atoms with Gasteiger partial charge in [-0.05, 0) is 55.4 Å². The maximum atomic E-state index is 14.5. The van der Waals surface area contributed by atoms with Crippen LogP contribution in [-0.4, -0.2) is 40.6 Å². The molecule has 218 valence electrons. The molecule has 0 aromatic heterocycles. The summed E-state index contributed by atoms with van der Waals surface area (Å²) in [5.74, 6) is -0.915. The molecule has 3 N–H and O–H groups in total. The zero-order valence-electron chi connectivity index (χ0n) is 22.1. The van der Waals surface area contributed by atoms with Crippen LogP contribution in [0.1, 0.15) is 63.6 Å². The SMILES string of the molecule is CCC(O)(c1ccc(-c2ccc(C(N[C@@H](CC(C)(C)F)C(=O)NC3(C#N)CC3)C(F)(F)F)cc2)cc1)C(F)(F)F. The summed E-state index contributed by atoms with van der Waals surface area (Å²) in [7, 11) is 0. The molecule has 0 bridgehead atoms. The topological polar surface area (TPSA) is 85.2 Å². The van der Waals surface area contributed by atoms with Gasteiger partial charge in [-0.2, -0.15) is 31.6 Å². The molecular formula is C28H30F7N3O2. The van der Waals surface area contributed by atoms with Crippen molar-refractivity contribution >= 4 is 5.91 Å². The van der Waals surface area contributed by atoms with Gasteiger partial charge in [0.15, 0.2) is 5.60 Å². The Bertz CT molecular complexity index is 1230. The van der Waals surface area contributed by atoms with Crippen LogP contribution in [0.15, 0.2) is 48.5 Å². The van der Waals surface area contributed by atoms with Gasteiger partial charge < -0.3 is 10.4 Å². The van der Waals surface area contributed by atoms with E-state index in [1.165, 1.54) is 31.2 Å². The molecule has 2 unspecified atom stereocenters. The fourth-order valence-electron chi connectivity index (χ4n) is 4.38. The lowest BCUT2D eigenvalue weighted by atomic mass is 9.89. The number of aliphatic hydroxyl groups is 1. The van der Waals surface area contributed by atoms with E-state index in [1.54, 1.807) is 0 Å². The molecule has 12 heteroatoms. The zero-order valence-corrected chi connectivity index (χ0v) is 22.1. The Morgan fingerprint density at radius 2 is 1.48 bits per heavy atom. The summed E-state index contributed by atoms with van der Waals surface area (Å²) in [4.78, 5) is 12.8. The van der Waals surface area contributed by atoms with Gasteiger partial charge in [0.25, 0.3) is 0 Å². The Kier molecular flexibility index (Phi) is 8.63. The second-order valence-electron chi connectivity index (χ2n) is 10.7. The van der Waals surface area contributed by atoms with Crippen molar-refractivity contribution in [2.45, 2.75) is 87.7 Å². The largest absolute Gasteiger partial charge is 0.421 e. The van der Waals surface area contributed by atoms with Gasteiger partial charge in [0.05, 0.1) is 12.1 Å². The highest BCUT2D eigenvalue weighted by atomic mass is 19.4. The first kappa shape index (κ1) is 31.4. The number of rotatable bonds is 10. The third-order valence-electron chi connectivity index (χ3n) is 6.95. The molecule has 40 heavy (non-hydrogen) atoms. The average Bonchev–Trinajstić information content (AvgIpc) is 3.64. The van der Waals surface area contributed by atoms with E-state index in [-0.39, 0.29) is 11.1 Å². The number of carbonyl (C=O) groups excluding carboxylic acids is 1. The third kappa shape index (κ3) is 7.12. The van der Waals surface area contributed by atoms with Gasteiger partial charge in [-0.3, -0.25) is 10.1 Å². The van der Waals surface area contributed by atoms with Crippen LogP contribution in [-0.2, 0) is 10.4 Å². The number of nitrogens with zero attached hydrogens (tertiary/aromatic N) is 1. The molecule has 1 aliphatic carbocycles. The summed E-state index contributed by atoms with van der Waals surface area (Å²) < 4.78 is 96.9. The highest BCUT2D eigenvalue weighted by Crippen LogP contribution is 2.42. The van der Waals surface area contributed by atoms with Crippen molar-refractivity contribution in [3.8, 4) is 17.2 Å². The van der Waals surface area contributed by atoms with E-state index in [1.807, 2.05) is 6.07 Å². The maximum absolute atomic E-state index is 14.5. The molecule has 0 aliphatic heterocycles. The molecule has 1 saturated carbocycles. The molecule has 5 nitrogen and oxygen atoms in total. The highest BCUT2D eigenvalue weighted by Gasteiger charge is 2.53. The van der Waals surface area contributed by atoms with E-state index in [0.29, 0.717) is 24.0 Å². The standard InChI is InChI=1S/C28H30F7N3O2/c1-4-26(40,28(33,34)35)20-11-9-18(10-12-20)17-5-7-19(8-6-17)22(27(30,31)32)37-21(15-24(2,3)29)23(39)38-25(16-36)13-14-25/h5-12,21-22,37,40H,4,13-15H2,1-3H3,(H,38,39)/t21-,22?,26?/m0/s1. The van der Waals surface area contributed by atoms with Crippen molar-refractivity contribution in [3.63, 3.8) is 0 Å². The van der Waals surface area contributed by atoms with Crippen molar-refractivity contribution in [1.82, 2.24) is 10.6 Å². The summed E-state index contributed by atoms with van der Waals surface area (Å²) in [5, 5.41) is 24.0. The summed E-state index contributed by atoms with van der Waals surface area (Å²) in [6.45, 7) is 3.46. The quantitative estimate of drug-likeness (QED) is 0.288. The Morgan fingerprint density at radius 3 is 1.85 bits per heavy atom.